The van der Waals surface area contributed by atoms with Crippen LogP contribution < -0.4 is 20.7 Å². The van der Waals surface area contributed by atoms with Crippen molar-refractivity contribution in [3.63, 3.8) is 0 Å². The maximum absolute atomic E-state index is 13.1. The number of ketones is 1. The second kappa shape index (κ2) is 26.9. The van der Waals surface area contributed by atoms with E-state index in [1.54, 1.807) is 36.0 Å². The summed E-state index contributed by atoms with van der Waals surface area (Å²) in [5.74, 6) is -0.0957. The Balaban J connectivity index is 0.778. The number of thioether (sulfide) groups is 2. The van der Waals surface area contributed by atoms with Crippen molar-refractivity contribution in [3.05, 3.63) is 107 Å². The van der Waals surface area contributed by atoms with E-state index in [9.17, 15) is 29.1 Å². The molecule has 6 unspecified atom stereocenters. The highest BCUT2D eigenvalue weighted by atomic mass is 32.2. The van der Waals surface area contributed by atoms with Crippen molar-refractivity contribution < 1.29 is 43.3 Å². The highest BCUT2D eigenvalue weighted by Crippen LogP contribution is 2.45. The number of piperazine rings is 1. The lowest BCUT2D eigenvalue weighted by Gasteiger charge is -2.43. The summed E-state index contributed by atoms with van der Waals surface area (Å²) in [6.45, 7) is 10.1. The highest BCUT2D eigenvalue weighted by molar-refractivity contribution is 8.02. The molecule has 14 nitrogen and oxygen atoms in total. The Hall–Kier alpha value is -4.87. The molecule has 2 fully saturated rings. The molecule has 6 atom stereocenters. The summed E-state index contributed by atoms with van der Waals surface area (Å²) in [4.78, 5) is 68.5. The van der Waals surface area contributed by atoms with Gasteiger partial charge in [0.25, 0.3) is 5.91 Å². The van der Waals surface area contributed by atoms with Crippen LogP contribution in [-0.4, -0.2) is 139 Å². The molecule has 2 aliphatic heterocycles. The summed E-state index contributed by atoms with van der Waals surface area (Å²) in [5.41, 5.74) is 1.68. The van der Waals surface area contributed by atoms with Crippen molar-refractivity contribution in [2.45, 2.75) is 93.7 Å². The third-order valence-corrected chi connectivity index (χ3v) is 15.8. The van der Waals surface area contributed by atoms with Crippen LogP contribution in [0.1, 0.15) is 81.6 Å². The van der Waals surface area contributed by atoms with Gasteiger partial charge in [-0.25, -0.2) is 9.59 Å². The Bertz CT molecular complexity index is 2170. The van der Waals surface area contributed by atoms with Crippen molar-refractivity contribution in [1.29, 1.82) is 0 Å². The minimum Gasteiger partial charge on any atom is -0.480 e. The van der Waals surface area contributed by atoms with E-state index >= 15 is 0 Å². The summed E-state index contributed by atoms with van der Waals surface area (Å²) in [5, 5.41) is 18.8. The van der Waals surface area contributed by atoms with Crippen molar-refractivity contribution in [3.8, 4) is 11.5 Å². The fourth-order valence-corrected chi connectivity index (χ4v) is 11.0. The van der Waals surface area contributed by atoms with Gasteiger partial charge in [0.05, 0.1) is 19.8 Å². The number of Topliss-reactive ketones (excluding diaryl/α,β-unsaturated/α-hetero) is 1. The van der Waals surface area contributed by atoms with Gasteiger partial charge in [-0.1, -0.05) is 81.5 Å². The van der Waals surface area contributed by atoms with E-state index in [0.717, 1.165) is 25.9 Å². The molecular formula is C53H71N5O9S2. The predicted octanol–water partition coefficient (Wildman–Crippen LogP) is 7.76. The Morgan fingerprint density at radius 2 is 1.65 bits per heavy atom. The number of aliphatic carboxylic acids is 1. The van der Waals surface area contributed by atoms with Crippen LogP contribution in [0.5, 0.6) is 11.5 Å². The molecule has 2 aromatic rings. The summed E-state index contributed by atoms with van der Waals surface area (Å²) in [7, 11) is 0. The van der Waals surface area contributed by atoms with Crippen molar-refractivity contribution >= 4 is 53.1 Å². The zero-order valence-corrected chi connectivity index (χ0v) is 42.2. The molecule has 6 rings (SSSR count). The Morgan fingerprint density at radius 1 is 0.884 bits per heavy atom. The predicted molar refractivity (Wildman–Crippen MR) is 274 cm³/mol. The number of nitrogens with one attached hydrogen (secondary N) is 3. The molecule has 2 aromatic carbocycles. The molecular weight excluding hydrogens is 915 g/mol. The van der Waals surface area contributed by atoms with Gasteiger partial charge in [0, 0.05) is 78.7 Å². The second-order valence-electron chi connectivity index (χ2n) is 18.6. The number of carboxylic acids is 1. The standard InChI is InChI=1S/C53H71N5O9S2/c1-5-53(2,3)39-18-20-41(21-19-39)67-42-15-10-13-38(32-42)50(61)55-35-40(59)14-11-29-65-30-31-66-36-49(60)56-45(51(62)63)16-8-9-24-54-52(64)58-27-25-57(26-28-58)46-33-37-12-6-7-17-47(37)69-48-23-22-43(68-4)34-44(46)48/h6-7,10,12-13,15,17-23,32,34,37,44-48H,5,8-9,11,14,16,24-31,33,35-36H2,1-4H3,(H,54,64)(H,55,61)(H,56,60)(H,62,63). The van der Waals surface area contributed by atoms with E-state index in [4.69, 9.17) is 14.2 Å². The molecule has 2 heterocycles. The molecule has 4 amide bonds. The molecule has 0 spiro atoms. The highest BCUT2D eigenvalue weighted by Gasteiger charge is 2.41. The molecule has 2 saturated heterocycles. The summed E-state index contributed by atoms with van der Waals surface area (Å²) < 4.78 is 16.9. The largest absolute Gasteiger partial charge is 0.480 e. The third kappa shape index (κ3) is 16.3. The zero-order valence-electron chi connectivity index (χ0n) is 40.6. The van der Waals surface area contributed by atoms with Crippen LogP contribution in [0.4, 0.5) is 4.79 Å². The fourth-order valence-electron chi connectivity index (χ4n) is 8.93. The Morgan fingerprint density at radius 3 is 2.41 bits per heavy atom. The number of ether oxygens (including phenoxy) is 3. The van der Waals surface area contributed by atoms with E-state index in [2.05, 4.69) is 114 Å². The molecule has 0 radical (unpaired) electrons. The Kier molecular flexibility index (Phi) is 20.9. The monoisotopic (exact) mass is 985 g/mol. The number of benzene rings is 2. The number of nitrogens with zero attached hydrogens (tertiary/aromatic N) is 2. The van der Waals surface area contributed by atoms with Crippen LogP contribution in [-0.2, 0) is 29.3 Å². The number of hydrogen-bond donors (Lipinski definition) is 4. The van der Waals surface area contributed by atoms with Crippen LogP contribution in [0.15, 0.2) is 96.0 Å². The number of unbranched alkanes of at least 4 members (excludes halogenated alkanes) is 1. The van der Waals surface area contributed by atoms with Gasteiger partial charge < -0.3 is 40.2 Å². The average Bonchev–Trinajstić information content (AvgIpc) is 3.52. The number of hydrogen-bond acceptors (Lipinski definition) is 11. The topological polar surface area (TPSA) is 176 Å². The maximum atomic E-state index is 13.1. The van der Waals surface area contributed by atoms with Crippen LogP contribution >= 0.6 is 23.5 Å². The average molecular weight is 986 g/mol. The van der Waals surface area contributed by atoms with E-state index in [1.807, 2.05) is 17.0 Å². The van der Waals surface area contributed by atoms with E-state index in [0.29, 0.717) is 84.3 Å². The van der Waals surface area contributed by atoms with E-state index in [1.165, 1.54) is 10.5 Å². The molecule has 69 heavy (non-hydrogen) atoms. The second-order valence-corrected chi connectivity index (χ2v) is 20.8. The number of amides is 4. The fraction of sp³-hybridized carbons (Fsp3) is 0.528. The first-order chi connectivity index (χ1) is 33.3. The first-order valence-corrected chi connectivity index (χ1v) is 26.6. The van der Waals surface area contributed by atoms with Gasteiger partial charge in [-0.2, -0.15) is 0 Å². The number of carbonyl (C=O) groups is 5. The molecule has 4 aliphatic rings. The van der Waals surface area contributed by atoms with Gasteiger partial charge in [-0.3, -0.25) is 19.3 Å². The molecule has 4 N–H and O–H groups in total. The lowest BCUT2D eigenvalue weighted by Crippen LogP contribution is -2.56. The molecule has 374 valence electrons. The van der Waals surface area contributed by atoms with E-state index in [-0.39, 0.29) is 69.0 Å². The molecule has 0 saturated carbocycles. The summed E-state index contributed by atoms with van der Waals surface area (Å²) in [6.07, 6.45) is 22.4. The lowest BCUT2D eigenvalue weighted by molar-refractivity contribution is -0.142. The number of carboxylic acid groups (broad SMARTS) is 1. The van der Waals surface area contributed by atoms with Crippen molar-refractivity contribution in [1.82, 2.24) is 25.8 Å². The first kappa shape index (κ1) is 53.5. The number of carbonyl (C=O) groups excluding carboxylic acids is 4. The van der Waals surface area contributed by atoms with Crippen molar-refractivity contribution in [2.24, 2.45) is 11.8 Å². The molecule has 0 bridgehead atoms. The normalized spacial score (nSPS) is 21.5. The quantitative estimate of drug-likeness (QED) is 0.0713. The van der Waals surface area contributed by atoms with Crippen molar-refractivity contribution in [2.75, 3.05) is 72.0 Å². The van der Waals surface area contributed by atoms with Gasteiger partial charge in [0.1, 0.15) is 24.1 Å². The van der Waals surface area contributed by atoms with E-state index < -0.39 is 17.9 Å². The number of fused-ring (bicyclic) bond motifs is 2. The van der Waals surface area contributed by atoms with Gasteiger partial charge in [-0.05, 0) is 92.0 Å². The van der Waals surface area contributed by atoms with Gasteiger partial charge in [0.15, 0.2) is 5.78 Å². The van der Waals surface area contributed by atoms with Crippen LogP contribution in [0.25, 0.3) is 0 Å². The molecule has 0 aromatic heterocycles. The third-order valence-electron chi connectivity index (χ3n) is 13.4. The smallest absolute Gasteiger partial charge is 0.326 e. The minimum absolute atomic E-state index is 0.0694. The number of urea groups is 1. The molecule has 16 heteroatoms. The summed E-state index contributed by atoms with van der Waals surface area (Å²) >= 11 is 3.87. The van der Waals surface area contributed by atoms with Crippen LogP contribution in [0.2, 0.25) is 0 Å². The van der Waals surface area contributed by atoms with Gasteiger partial charge >= 0.3 is 12.0 Å². The molecule has 2 aliphatic carbocycles. The zero-order chi connectivity index (χ0) is 49.2. The van der Waals surface area contributed by atoms with Gasteiger partial charge in [-0.15, -0.1) is 23.5 Å². The van der Waals surface area contributed by atoms with Gasteiger partial charge in [0.2, 0.25) is 5.91 Å². The Labute approximate surface area is 416 Å². The SMILES string of the molecule is CCC(C)(C)c1ccc(Oc2cccc(C(=O)NCC(=O)CCCOCCOCC(=O)NC(CCCCNC(=O)N3CCN(C4CC5C=CC=CC5SC5C=CC(SC)=CC54)CC3)C(=O)O)c2)cc1. The van der Waals surface area contributed by atoms with Crippen LogP contribution in [0, 0.1) is 11.8 Å². The number of rotatable bonds is 25. The lowest BCUT2D eigenvalue weighted by atomic mass is 9.82. The maximum Gasteiger partial charge on any atom is 0.326 e. The first-order valence-electron chi connectivity index (χ1n) is 24.4. The summed E-state index contributed by atoms with van der Waals surface area (Å²) in [6, 6.07) is 14.0. The van der Waals surface area contributed by atoms with Crippen LogP contribution in [0.3, 0.4) is 0 Å². The minimum atomic E-state index is -1.13. The number of allylic oxidation sites excluding steroid dienone is 4.